The van der Waals surface area contributed by atoms with Crippen LogP contribution in [0.15, 0.2) is 12.3 Å². The van der Waals surface area contributed by atoms with Gasteiger partial charge in [0.05, 0.1) is 7.11 Å². The van der Waals surface area contributed by atoms with Crippen LogP contribution in [0.4, 0.5) is 5.95 Å². The van der Waals surface area contributed by atoms with Crippen LogP contribution in [0.25, 0.3) is 0 Å². The van der Waals surface area contributed by atoms with Crippen LogP contribution in [0.2, 0.25) is 0 Å². The first-order valence-electron chi connectivity index (χ1n) is 5.23. The van der Waals surface area contributed by atoms with Gasteiger partial charge in [0.1, 0.15) is 0 Å². The highest BCUT2D eigenvalue weighted by atomic mass is 16.5. The van der Waals surface area contributed by atoms with E-state index in [0.717, 1.165) is 13.1 Å². The lowest BCUT2D eigenvalue weighted by atomic mass is 10.2. The highest BCUT2D eigenvalue weighted by molar-refractivity contribution is 5.27. The summed E-state index contributed by atoms with van der Waals surface area (Å²) < 4.78 is 5.02. The molecule has 0 bridgehead atoms. The van der Waals surface area contributed by atoms with E-state index in [-0.39, 0.29) is 0 Å². The molecule has 1 fully saturated rings. The average Bonchev–Trinajstić information content (AvgIpc) is 2.79. The van der Waals surface area contributed by atoms with Crippen molar-refractivity contribution in [3.8, 4) is 5.88 Å². The zero-order valence-electron chi connectivity index (χ0n) is 8.86. The molecular formula is C10H16N4O. The summed E-state index contributed by atoms with van der Waals surface area (Å²) in [6.45, 7) is 1.98. The highest BCUT2D eigenvalue weighted by Gasteiger charge is 2.13. The topological polar surface area (TPSA) is 59.1 Å². The summed E-state index contributed by atoms with van der Waals surface area (Å²) in [4.78, 5) is 8.30. The van der Waals surface area contributed by atoms with Gasteiger partial charge in [-0.25, -0.2) is 4.98 Å². The van der Waals surface area contributed by atoms with Crippen LogP contribution in [0, 0.1) is 0 Å². The van der Waals surface area contributed by atoms with Crippen molar-refractivity contribution in [1.29, 1.82) is 0 Å². The van der Waals surface area contributed by atoms with E-state index in [4.69, 9.17) is 4.74 Å². The smallest absolute Gasteiger partial charge is 0.225 e. The monoisotopic (exact) mass is 208 g/mol. The van der Waals surface area contributed by atoms with E-state index in [1.807, 2.05) is 0 Å². The lowest BCUT2D eigenvalue weighted by Crippen LogP contribution is -2.29. The van der Waals surface area contributed by atoms with Gasteiger partial charge in [0, 0.05) is 24.8 Å². The van der Waals surface area contributed by atoms with E-state index in [9.17, 15) is 0 Å². The summed E-state index contributed by atoms with van der Waals surface area (Å²) in [6, 6.07) is 2.28. The first-order valence-corrected chi connectivity index (χ1v) is 5.23. The van der Waals surface area contributed by atoms with Crippen molar-refractivity contribution in [2.75, 3.05) is 25.5 Å². The number of aromatic nitrogens is 2. The van der Waals surface area contributed by atoms with Crippen LogP contribution in [0.3, 0.4) is 0 Å². The Bertz CT molecular complexity index is 312. The average molecular weight is 208 g/mol. The molecule has 1 saturated heterocycles. The van der Waals surface area contributed by atoms with Gasteiger partial charge in [0.2, 0.25) is 11.8 Å². The number of methoxy groups -OCH3 is 1. The summed E-state index contributed by atoms with van der Waals surface area (Å²) in [5.74, 6) is 1.22. The maximum Gasteiger partial charge on any atom is 0.225 e. The standard InChI is InChI=1S/C10H16N4O/c1-15-9-4-6-12-10(14-9)13-7-8-3-2-5-11-8/h4,6,8,11H,2-3,5,7H2,1H3,(H,12,13,14). The number of ether oxygens (including phenoxy) is 1. The van der Waals surface area contributed by atoms with Gasteiger partial charge in [0.15, 0.2) is 0 Å². The molecule has 0 aliphatic carbocycles. The summed E-state index contributed by atoms with van der Waals surface area (Å²) in [7, 11) is 1.60. The van der Waals surface area contributed by atoms with Gasteiger partial charge in [-0.2, -0.15) is 4.98 Å². The zero-order chi connectivity index (χ0) is 10.5. The second-order valence-corrected chi connectivity index (χ2v) is 3.60. The van der Waals surface area contributed by atoms with Crippen LogP contribution in [0.5, 0.6) is 5.88 Å². The fourth-order valence-corrected chi connectivity index (χ4v) is 1.69. The van der Waals surface area contributed by atoms with Gasteiger partial charge < -0.3 is 15.4 Å². The zero-order valence-corrected chi connectivity index (χ0v) is 8.86. The molecule has 2 rings (SSSR count). The second-order valence-electron chi connectivity index (χ2n) is 3.60. The van der Waals surface area contributed by atoms with E-state index in [2.05, 4.69) is 20.6 Å². The fraction of sp³-hybridized carbons (Fsp3) is 0.600. The molecule has 2 N–H and O–H groups in total. The van der Waals surface area contributed by atoms with Crippen molar-refractivity contribution in [3.05, 3.63) is 12.3 Å². The first kappa shape index (κ1) is 10.2. The van der Waals surface area contributed by atoms with Crippen molar-refractivity contribution in [2.45, 2.75) is 18.9 Å². The summed E-state index contributed by atoms with van der Waals surface area (Å²) >= 11 is 0. The molecule has 0 aromatic carbocycles. The minimum Gasteiger partial charge on any atom is -0.481 e. The Morgan fingerprint density at radius 1 is 1.67 bits per heavy atom. The number of anilines is 1. The molecule has 15 heavy (non-hydrogen) atoms. The van der Waals surface area contributed by atoms with E-state index in [1.165, 1.54) is 12.8 Å². The molecule has 1 atom stereocenters. The third-order valence-corrected chi connectivity index (χ3v) is 2.51. The second kappa shape index (κ2) is 4.93. The van der Waals surface area contributed by atoms with Crippen molar-refractivity contribution in [3.63, 3.8) is 0 Å². The van der Waals surface area contributed by atoms with Crippen LogP contribution in [-0.4, -0.2) is 36.2 Å². The van der Waals surface area contributed by atoms with E-state index >= 15 is 0 Å². The Morgan fingerprint density at radius 3 is 3.33 bits per heavy atom. The highest BCUT2D eigenvalue weighted by Crippen LogP contribution is 2.09. The number of rotatable bonds is 4. The molecule has 0 radical (unpaired) electrons. The molecule has 2 heterocycles. The molecule has 0 amide bonds. The summed E-state index contributed by atoms with van der Waals surface area (Å²) in [5, 5.41) is 6.60. The van der Waals surface area contributed by atoms with Gasteiger partial charge in [-0.1, -0.05) is 0 Å². The van der Waals surface area contributed by atoms with Gasteiger partial charge in [0.25, 0.3) is 0 Å². The molecule has 1 aromatic rings. The lowest BCUT2D eigenvalue weighted by molar-refractivity contribution is 0.397. The molecule has 1 aliphatic rings. The molecule has 0 saturated carbocycles. The van der Waals surface area contributed by atoms with Crippen LogP contribution in [0.1, 0.15) is 12.8 Å². The summed E-state index contributed by atoms with van der Waals surface area (Å²) in [5.41, 5.74) is 0. The Kier molecular flexibility index (Phi) is 3.34. The van der Waals surface area contributed by atoms with Gasteiger partial charge in [-0.05, 0) is 19.4 Å². The minimum absolute atomic E-state index is 0.541. The number of hydrogen-bond acceptors (Lipinski definition) is 5. The molecule has 5 nitrogen and oxygen atoms in total. The van der Waals surface area contributed by atoms with Crippen LogP contribution >= 0.6 is 0 Å². The first-order chi connectivity index (χ1) is 7.38. The van der Waals surface area contributed by atoms with Crippen molar-refractivity contribution in [1.82, 2.24) is 15.3 Å². The molecule has 1 aromatic heterocycles. The number of nitrogens with zero attached hydrogens (tertiary/aromatic N) is 2. The summed E-state index contributed by atoms with van der Waals surface area (Å²) in [6.07, 6.45) is 4.17. The Hall–Kier alpha value is -1.36. The molecule has 1 unspecified atom stereocenters. The maximum atomic E-state index is 5.02. The van der Waals surface area contributed by atoms with Gasteiger partial charge in [-0.15, -0.1) is 0 Å². The van der Waals surface area contributed by atoms with Gasteiger partial charge >= 0.3 is 0 Å². The van der Waals surface area contributed by atoms with Crippen molar-refractivity contribution in [2.24, 2.45) is 0 Å². The molecule has 0 spiro atoms. The molecule has 1 aliphatic heterocycles. The third kappa shape index (κ3) is 2.79. The van der Waals surface area contributed by atoms with Crippen molar-refractivity contribution >= 4 is 5.95 Å². The lowest BCUT2D eigenvalue weighted by Gasteiger charge is -2.11. The Morgan fingerprint density at radius 2 is 2.60 bits per heavy atom. The molecule has 82 valence electrons. The predicted octanol–water partition coefficient (Wildman–Crippen LogP) is 0.649. The van der Waals surface area contributed by atoms with Gasteiger partial charge in [-0.3, -0.25) is 0 Å². The Labute approximate surface area is 89.3 Å². The number of nitrogens with one attached hydrogen (secondary N) is 2. The van der Waals surface area contributed by atoms with E-state index in [0.29, 0.717) is 17.9 Å². The maximum absolute atomic E-state index is 5.02. The van der Waals surface area contributed by atoms with E-state index < -0.39 is 0 Å². The van der Waals surface area contributed by atoms with E-state index in [1.54, 1.807) is 19.4 Å². The van der Waals surface area contributed by atoms with Crippen molar-refractivity contribution < 1.29 is 4.74 Å². The normalized spacial score (nSPS) is 20.2. The Balaban J connectivity index is 1.86. The quantitative estimate of drug-likeness (QED) is 0.760. The molecular weight excluding hydrogens is 192 g/mol. The minimum atomic E-state index is 0.541. The SMILES string of the molecule is COc1ccnc(NCC2CCCN2)n1. The fourth-order valence-electron chi connectivity index (χ4n) is 1.69. The molecule has 5 heteroatoms. The largest absolute Gasteiger partial charge is 0.481 e. The van der Waals surface area contributed by atoms with Crippen LogP contribution in [-0.2, 0) is 0 Å². The number of hydrogen-bond donors (Lipinski definition) is 2. The predicted molar refractivity (Wildman–Crippen MR) is 58.1 cm³/mol. The van der Waals surface area contributed by atoms with Crippen LogP contribution < -0.4 is 15.4 Å². The third-order valence-electron chi connectivity index (χ3n) is 2.51.